The predicted molar refractivity (Wildman–Crippen MR) is 132 cm³/mol. The predicted octanol–water partition coefficient (Wildman–Crippen LogP) is 5.31. The summed E-state index contributed by atoms with van der Waals surface area (Å²) in [5.74, 6) is -1.03. The van der Waals surface area contributed by atoms with E-state index in [9.17, 15) is 18.7 Å². The zero-order valence-corrected chi connectivity index (χ0v) is 19.8. The summed E-state index contributed by atoms with van der Waals surface area (Å²) in [5.41, 5.74) is 3.43. The number of amides is 1. The van der Waals surface area contributed by atoms with Gasteiger partial charge in [-0.15, -0.1) is 0 Å². The Labute approximate surface area is 208 Å². The van der Waals surface area contributed by atoms with Gasteiger partial charge in [-0.2, -0.15) is 0 Å². The Morgan fingerprint density at radius 3 is 2.75 bits per heavy atom. The van der Waals surface area contributed by atoms with Crippen LogP contribution in [-0.4, -0.2) is 41.7 Å². The highest BCUT2D eigenvalue weighted by molar-refractivity contribution is 6.00. The standard InChI is InChI=1S/C28H28F2N2O4/c29-27(30)20-13-24(33)26(25(14-20)36-16-18-5-2-1-3-6-18)28(34)32-11-9-19-7-4-8-23(22(19)15-32)31-21-10-12-35-17-21/h1-8,13-14,21,27,31,33H,9-12,15-17H2/t21-/m0/s1. The van der Waals surface area contributed by atoms with E-state index in [1.165, 1.54) is 0 Å². The smallest absolute Gasteiger partial charge is 0.264 e. The van der Waals surface area contributed by atoms with Crippen LogP contribution >= 0.6 is 0 Å². The summed E-state index contributed by atoms with van der Waals surface area (Å²) in [6.07, 6.45) is -1.25. The molecular formula is C28H28F2N2O4. The lowest BCUT2D eigenvalue weighted by atomic mass is 9.96. The molecule has 0 bridgehead atoms. The molecule has 1 fully saturated rings. The number of hydrogen-bond acceptors (Lipinski definition) is 5. The molecule has 2 aliphatic rings. The average molecular weight is 495 g/mol. The van der Waals surface area contributed by atoms with E-state index in [1.54, 1.807) is 4.90 Å². The summed E-state index contributed by atoms with van der Waals surface area (Å²) in [6, 6.07) is 17.6. The van der Waals surface area contributed by atoms with Crippen molar-refractivity contribution in [2.75, 3.05) is 25.1 Å². The van der Waals surface area contributed by atoms with Crippen LogP contribution in [0.2, 0.25) is 0 Å². The monoisotopic (exact) mass is 494 g/mol. The van der Waals surface area contributed by atoms with Crippen molar-refractivity contribution in [3.63, 3.8) is 0 Å². The lowest BCUT2D eigenvalue weighted by Crippen LogP contribution is -2.37. The van der Waals surface area contributed by atoms with Crippen LogP contribution in [0.4, 0.5) is 14.5 Å². The van der Waals surface area contributed by atoms with Crippen LogP contribution in [0.15, 0.2) is 60.7 Å². The van der Waals surface area contributed by atoms with Crippen molar-refractivity contribution in [1.82, 2.24) is 4.90 Å². The molecule has 2 heterocycles. The Bertz CT molecular complexity index is 1230. The molecule has 1 amide bonds. The van der Waals surface area contributed by atoms with E-state index in [1.807, 2.05) is 42.5 Å². The number of alkyl halides is 2. The third-order valence-corrected chi connectivity index (χ3v) is 6.66. The number of nitrogens with zero attached hydrogens (tertiary/aromatic N) is 1. The van der Waals surface area contributed by atoms with Crippen LogP contribution in [0.25, 0.3) is 0 Å². The Kier molecular flexibility index (Phi) is 7.04. The molecule has 1 atom stereocenters. The maximum Gasteiger partial charge on any atom is 0.264 e. The van der Waals surface area contributed by atoms with Crippen molar-refractivity contribution in [3.05, 3.63) is 88.5 Å². The maximum absolute atomic E-state index is 13.7. The lowest BCUT2D eigenvalue weighted by Gasteiger charge is -2.32. The largest absolute Gasteiger partial charge is 0.507 e. The Hall–Kier alpha value is -3.65. The molecule has 0 unspecified atom stereocenters. The van der Waals surface area contributed by atoms with Gasteiger partial charge in [-0.25, -0.2) is 8.78 Å². The van der Waals surface area contributed by atoms with Gasteiger partial charge in [-0.3, -0.25) is 4.79 Å². The first-order valence-corrected chi connectivity index (χ1v) is 12.1. The van der Waals surface area contributed by atoms with Crippen molar-refractivity contribution in [2.45, 2.75) is 38.5 Å². The van der Waals surface area contributed by atoms with Crippen LogP contribution in [0, 0.1) is 0 Å². The van der Waals surface area contributed by atoms with E-state index in [4.69, 9.17) is 9.47 Å². The molecule has 6 nitrogen and oxygen atoms in total. The fourth-order valence-electron chi connectivity index (χ4n) is 4.73. The van der Waals surface area contributed by atoms with Crippen molar-refractivity contribution in [3.8, 4) is 11.5 Å². The number of hydrogen-bond donors (Lipinski definition) is 2. The SMILES string of the molecule is O=C(c1c(O)cc(C(F)F)cc1OCc1ccccc1)N1CCc2cccc(N[C@H]3CCOC3)c2C1. The van der Waals surface area contributed by atoms with Gasteiger partial charge in [0.05, 0.1) is 12.6 Å². The van der Waals surface area contributed by atoms with E-state index in [-0.39, 0.29) is 24.0 Å². The number of ether oxygens (including phenoxy) is 2. The fourth-order valence-corrected chi connectivity index (χ4v) is 4.73. The van der Waals surface area contributed by atoms with Crippen molar-refractivity contribution in [2.24, 2.45) is 0 Å². The highest BCUT2D eigenvalue weighted by Gasteiger charge is 2.30. The molecular weight excluding hydrogens is 466 g/mol. The molecule has 2 aliphatic heterocycles. The van der Waals surface area contributed by atoms with Crippen LogP contribution in [-0.2, 0) is 24.3 Å². The third-order valence-electron chi connectivity index (χ3n) is 6.66. The van der Waals surface area contributed by atoms with Gasteiger partial charge in [0.2, 0.25) is 0 Å². The van der Waals surface area contributed by atoms with Gasteiger partial charge in [0.25, 0.3) is 12.3 Å². The van der Waals surface area contributed by atoms with E-state index in [0.29, 0.717) is 26.1 Å². The second-order valence-corrected chi connectivity index (χ2v) is 9.11. The van der Waals surface area contributed by atoms with Gasteiger partial charge < -0.3 is 24.8 Å². The van der Waals surface area contributed by atoms with Gasteiger partial charge in [0, 0.05) is 30.9 Å². The normalized spacial score (nSPS) is 17.2. The number of carbonyl (C=O) groups is 1. The van der Waals surface area contributed by atoms with Crippen LogP contribution in [0.1, 0.15) is 45.5 Å². The molecule has 0 aromatic heterocycles. The molecule has 3 aromatic rings. The molecule has 1 saturated heterocycles. The molecule has 2 N–H and O–H groups in total. The van der Waals surface area contributed by atoms with Crippen molar-refractivity contribution < 1.29 is 28.2 Å². The molecule has 36 heavy (non-hydrogen) atoms. The second-order valence-electron chi connectivity index (χ2n) is 9.11. The number of rotatable bonds is 7. The van der Waals surface area contributed by atoms with Crippen LogP contribution < -0.4 is 10.1 Å². The number of phenolic OH excluding ortho intramolecular Hbond substituents is 1. The highest BCUT2D eigenvalue weighted by atomic mass is 19.3. The van der Waals surface area contributed by atoms with Crippen LogP contribution in [0.5, 0.6) is 11.5 Å². The summed E-state index contributed by atoms with van der Waals surface area (Å²) in [6.45, 7) is 2.21. The first-order valence-electron chi connectivity index (χ1n) is 12.1. The van der Waals surface area contributed by atoms with E-state index < -0.39 is 23.6 Å². The van der Waals surface area contributed by atoms with Crippen LogP contribution in [0.3, 0.4) is 0 Å². The summed E-state index contributed by atoms with van der Waals surface area (Å²) in [5, 5.41) is 14.2. The second kappa shape index (κ2) is 10.5. The number of carbonyl (C=O) groups excluding carboxylic acids is 1. The van der Waals surface area contributed by atoms with E-state index >= 15 is 0 Å². The average Bonchev–Trinajstić information content (AvgIpc) is 3.40. The molecule has 3 aromatic carbocycles. The van der Waals surface area contributed by atoms with Gasteiger partial charge >= 0.3 is 0 Å². The Morgan fingerprint density at radius 2 is 2.00 bits per heavy atom. The Morgan fingerprint density at radius 1 is 1.17 bits per heavy atom. The first-order chi connectivity index (χ1) is 17.5. The molecule has 5 rings (SSSR count). The molecule has 0 saturated carbocycles. The first kappa shape index (κ1) is 24.1. The summed E-state index contributed by atoms with van der Waals surface area (Å²) in [7, 11) is 0. The minimum absolute atomic E-state index is 0.0561. The van der Waals surface area contributed by atoms with Gasteiger partial charge in [-0.05, 0) is 47.7 Å². The summed E-state index contributed by atoms with van der Waals surface area (Å²) >= 11 is 0. The molecule has 0 aliphatic carbocycles. The van der Waals surface area contributed by atoms with E-state index in [0.717, 1.165) is 47.5 Å². The van der Waals surface area contributed by atoms with Crippen molar-refractivity contribution in [1.29, 1.82) is 0 Å². The number of halogens is 2. The number of anilines is 1. The number of fused-ring (bicyclic) bond motifs is 1. The highest BCUT2D eigenvalue weighted by Crippen LogP contribution is 2.37. The number of benzene rings is 3. The maximum atomic E-state index is 13.7. The number of phenols is 1. The van der Waals surface area contributed by atoms with E-state index in [2.05, 4.69) is 11.4 Å². The Balaban J connectivity index is 1.42. The number of aromatic hydroxyl groups is 1. The summed E-state index contributed by atoms with van der Waals surface area (Å²) < 4.78 is 38.3. The topological polar surface area (TPSA) is 71.0 Å². The molecule has 8 heteroatoms. The third kappa shape index (κ3) is 5.14. The minimum atomic E-state index is -2.81. The lowest BCUT2D eigenvalue weighted by molar-refractivity contribution is 0.0726. The minimum Gasteiger partial charge on any atom is -0.507 e. The molecule has 188 valence electrons. The van der Waals surface area contributed by atoms with Gasteiger partial charge in [0.15, 0.2) is 0 Å². The van der Waals surface area contributed by atoms with Gasteiger partial charge in [0.1, 0.15) is 23.7 Å². The number of nitrogens with one attached hydrogen (secondary N) is 1. The summed E-state index contributed by atoms with van der Waals surface area (Å²) in [4.78, 5) is 15.3. The molecule has 0 radical (unpaired) electrons. The zero-order chi connectivity index (χ0) is 25.1. The van der Waals surface area contributed by atoms with Gasteiger partial charge in [-0.1, -0.05) is 42.5 Å². The zero-order valence-electron chi connectivity index (χ0n) is 19.8. The fraction of sp³-hybridized carbons (Fsp3) is 0.321. The quantitative estimate of drug-likeness (QED) is 0.466. The molecule has 0 spiro atoms. The van der Waals surface area contributed by atoms with Crippen molar-refractivity contribution >= 4 is 11.6 Å².